The Hall–Kier alpha value is -0.820. The number of carbonyl (C=O) groups is 1. The summed E-state index contributed by atoms with van der Waals surface area (Å²) in [5, 5.41) is 0. The fourth-order valence-corrected chi connectivity index (χ4v) is 1.96. The highest BCUT2D eigenvalue weighted by molar-refractivity contribution is 5.80. The molecule has 1 aliphatic rings. The van der Waals surface area contributed by atoms with E-state index in [0.29, 0.717) is 19.4 Å². The Bertz CT molecular complexity index is 257. The van der Waals surface area contributed by atoms with Gasteiger partial charge in [-0.1, -0.05) is 0 Å². The van der Waals surface area contributed by atoms with E-state index in [1.807, 2.05) is 0 Å². The van der Waals surface area contributed by atoms with Crippen LogP contribution in [0.2, 0.25) is 0 Å². The molecule has 0 spiro atoms. The van der Waals surface area contributed by atoms with Crippen LogP contribution in [0.3, 0.4) is 0 Å². The predicted octanol–water partition coefficient (Wildman–Crippen LogP) is 0.0733. The van der Waals surface area contributed by atoms with E-state index >= 15 is 0 Å². The average Bonchev–Trinajstić information content (AvgIpc) is 2.59. The van der Waals surface area contributed by atoms with Crippen molar-refractivity contribution in [2.24, 2.45) is 17.4 Å². The quantitative estimate of drug-likeness (QED) is 0.729. The number of carbonyl (C=O) groups excluding carboxylic acids is 1. The first kappa shape index (κ1) is 13.2. The Balaban J connectivity index is 2.61. The minimum Gasteiger partial charge on any atom is -0.368 e. The molecule has 1 fully saturated rings. The smallest absolute Gasteiger partial charge is 0.368 e. The third-order valence-electron chi connectivity index (χ3n) is 2.89. The number of alkyl halides is 3. The number of primary amides is 1. The molecule has 4 N–H and O–H groups in total. The van der Waals surface area contributed by atoms with E-state index in [2.05, 4.69) is 0 Å². The third kappa shape index (κ3) is 3.08. The Morgan fingerprint density at radius 1 is 1.50 bits per heavy atom. The van der Waals surface area contributed by atoms with E-state index in [0.717, 1.165) is 0 Å². The van der Waals surface area contributed by atoms with E-state index in [9.17, 15) is 18.0 Å². The number of halogens is 3. The molecule has 1 amide bonds. The van der Waals surface area contributed by atoms with E-state index in [1.54, 1.807) is 0 Å². The van der Waals surface area contributed by atoms with Crippen LogP contribution < -0.4 is 11.5 Å². The van der Waals surface area contributed by atoms with Crippen LogP contribution in [-0.2, 0) is 4.79 Å². The van der Waals surface area contributed by atoms with Crippen LogP contribution >= 0.6 is 0 Å². The Morgan fingerprint density at radius 2 is 2.12 bits per heavy atom. The molecule has 0 aromatic rings. The highest BCUT2D eigenvalue weighted by Gasteiger charge is 2.41. The molecule has 16 heavy (non-hydrogen) atoms. The summed E-state index contributed by atoms with van der Waals surface area (Å²) in [5.41, 5.74) is 10.2. The monoisotopic (exact) mass is 239 g/mol. The van der Waals surface area contributed by atoms with E-state index in [4.69, 9.17) is 11.5 Å². The normalized spacial score (nSPS) is 24.6. The number of nitrogens with zero attached hydrogens (tertiary/aromatic N) is 1. The second-order valence-corrected chi connectivity index (χ2v) is 4.03. The number of hydrogen-bond donors (Lipinski definition) is 2. The highest BCUT2D eigenvalue weighted by Crippen LogP contribution is 2.28. The van der Waals surface area contributed by atoms with Crippen LogP contribution in [0.1, 0.15) is 12.8 Å². The predicted molar refractivity (Wildman–Crippen MR) is 52.4 cm³/mol. The summed E-state index contributed by atoms with van der Waals surface area (Å²) in [6.07, 6.45) is -3.09. The zero-order chi connectivity index (χ0) is 12.3. The van der Waals surface area contributed by atoms with Gasteiger partial charge in [0.05, 0.1) is 12.0 Å². The lowest BCUT2D eigenvalue weighted by molar-refractivity contribution is -0.177. The van der Waals surface area contributed by atoms with Gasteiger partial charge in [-0.15, -0.1) is 0 Å². The van der Waals surface area contributed by atoms with Crippen molar-refractivity contribution in [3.05, 3.63) is 0 Å². The van der Waals surface area contributed by atoms with Crippen LogP contribution in [0, 0.1) is 5.92 Å². The van der Waals surface area contributed by atoms with Crippen LogP contribution in [-0.4, -0.2) is 42.7 Å². The molecule has 0 radical (unpaired) electrons. The summed E-state index contributed by atoms with van der Waals surface area (Å²) in [6.45, 7) is -0.237. The Kier molecular flexibility index (Phi) is 4.15. The van der Waals surface area contributed by atoms with Gasteiger partial charge in [0.1, 0.15) is 0 Å². The van der Waals surface area contributed by atoms with Gasteiger partial charge in [-0.05, 0) is 19.4 Å². The van der Waals surface area contributed by atoms with Gasteiger partial charge >= 0.3 is 6.18 Å². The molecule has 1 rings (SSSR count). The lowest BCUT2D eigenvalue weighted by atomic mass is 10.1. The van der Waals surface area contributed by atoms with Crippen LogP contribution in [0.25, 0.3) is 0 Å². The molecule has 1 aliphatic heterocycles. The number of hydrogen-bond acceptors (Lipinski definition) is 3. The number of amides is 1. The van der Waals surface area contributed by atoms with Crippen molar-refractivity contribution in [1.29, 1.82) is 0 Å². The molecule has 0 aromatic heterocycles. The average molecular weight is 239 g/mol. The molecule has 2 unspecified atom stereocenters. The third-order valence-corrected chi connectivity index (χ3v) is 2.89. The molecular weight excluding hydrogens is 223 g/mol. The molecule has 0 bridgehead atoms. The SMILES string of the molecule is NCC(CN1CCCC1C(N)=O)C(F)(F)F. The first-order valence-corrected chi connectivity index (χ1v) is 5.16. The maximum Gasteiger partial charge on any atom is 0.394 e. The second kappa shape index (κ2) is 5.01. The van der Waals surface area contributed by atoms with Crippen molar-refractivity contribution in [1.82, 2.24) is 4.90 Å². The summed E-state index contributed by atoms with van der Waals surface area (Å²) < 4.78 is 37.4. The fourth-order valence-electron chi connectivity index (χ4n) is 1.96. The molecular formula is C9H16F3N3O. The number of likely N-dealkylation sites (tertiary alicyclic amines) is 1. The summed E-state index contributed by atoms with van der Waals surface area (Å²) in [6, 6.07) is -0.573. The van der Waals surface area contributed by atoms with Crippen LogP contribution in [0.15, 0.2) is 0 Å². The maximum atomic E-state index is 12.5. The minimum atomic E-state index is -4.32. The van der Waals surface area contributed by atoms with Gasteiger partial charge in [-0.25, -0.2) is 0 Å². The summed E-state index contributed by atoms with van der Waals surface area (Å²) >= 11 is 0. The number of rotatable bonds is 4. The summed E-state index contributed by atoms with van der Waals surface area (Å²) in [4.78, 5) is 12.5. The molecule has 2 atom stereocenters. The summed E-state index contributed by atoms with van der Waals surface area (Å²) in [5.74, 6) is -2.15. The molecule has 7 heteroatoms. The first-order chi connectivity index (χ1) is 7.36. The minimum absolute atomic E-state index is 0.242. The Labute approximate surface area is 91.8 Å². The largest absolute Gasteiger partial charge is 0.394 e. The van der Waals surface area contributed by atoms with Crippen LogP contribution in [0.5, 0.6) is 0 Å². The zero-order valence-corrected chi connectivity index (χ0v) is 8.83. The van der Waals surface area contributed by atoms with Gasteiger partial charge in [0.15, 0.2) is 0 Å². The van der Waals surface area contributed by atoms with Crippen molar-refractivity contribution >= 4 is 5.91 Å². The van der Waals surface area contributed by atoms with Crippen molar-refractivity contribution in [3.8, 4) is 0 Å². The van der Waals surface area contributed by atoms with Crippen molar-refractivity contribution in [3.63, 3.8) is 0 Å². The standard InChI is InChI=1S/C9H16F3N3O/c10-9(11,12)6(4-13)5-15-3-1-2-7(15)8(14)16/h6-7H,1-5,13H2,(H2,14,16). The Morgan fingerprint density at radius 3 is 2.56 bits per heavy atom. The second-order valence-electron chi connectivity index (χ2n) is 4.03. The lowest BCUT2D eigenvalue weighted by Crippen LogP contribution is -2.46. The van der Waals surface area contributed by atoms with Gasteiger partial charge in [-0.3, -0.25) is 9.69 Å². The van der Waals surface area contributed by atoms with Crippen LogP contribution in [0.4, 0.5) is 13.2 Å². The molecule has 0 aliphatic carbocycles. The van der Waals surface area contributed by atoms with Gasteiger partial charge < -0.3 is 11.5 Å². The van der Waals surface area contributed by atoms with E-state index in [-0.39, 0.29) is 6.54 Å². The van der Waals surface area contributed by atoms with Gasteiger partial charge in [-0.2, -0.15) is 13.2 Å². The maximum absolute atomic E-state index is 12.5. The highest BCUT2D eigenvalue weighted by atomic mass is 19.4. The summed E-state index contributed by atoms with van der Waals surface area (Å²) in [7, 11) is 0. The lowest BCUT2D eigenvalue weighted by Gasteiger charge is -2.27. The molecule has 0 saturated carbocycles. The van der Waals surface area contributed by atoms with Gasteiger partial charge in [0, 0.05) is 13.1 Å². The molecule has 1 saturated heterocycles. The topological polar surface area (TPSA) is 72.3 Å². The first-order valence-electron chi connectivity index (χ1n) is 5.16. The molecule has 94 valence electrons. The fraction of sp³-hybridized carbons (Fsp3) is 0.889. The van der Waals surface area contributed by atoms with E-state index < -0.39 is 30.6 Å². The zero-order valence-electron chi connectivity index (χ0n) is 8.83. The van der Waals surface area contributed by atoms with E-state index in [1.165, 1.54) is 4.90 Å². The molecule has 1 heterocycles. The molecule has 4 nitrogen and oxygen atoms in total. The number of nitrogens with two attached hydrogens (primary N) is 2. The van der Waals surface area contributed by atoms with Gasteiger partial charge in [0.2, 0.25) is 5.91 Å². The molecule has 0 aromatic carbocycles. The van der Waals surface area contributed by atoms with Crippen molar-refractivity contribution in [2.45, 2.75) is 25.1 Å². The van der Waals surface area contributed by atoms with Gasteiger partial charge in [0.25, 0.3) is 0 Å². The van der Waals surface area contributed by atoms with Crippen molar-refractivity contribution < 1.29 is 18.0 Å². The van der Waals surface area contributed by atoms with Crippen molar-refractivity contribution in [2.75, 3.05) is 19.6 Å².